The van der Waals surface area contributed by atoms with E-state index in [-0.39, 0.29) is 12.4 Å². The van der Waals surface area contributed by atoms with E-state index in [1.54, 1.807) is 0 Å². The van der Waals surface area contributed by atoms with Crippen LogP contribution in [-0.2, 0) is 11.4 Å². The monoisotopic (exact) mass is 264 g/mol. The van der Waals surface area contributed by atoms with E-state index in [1.165, 1.54) is 24.3 Å². The number of rotatable bonds is 5. The molecule has 1 rings (SSSR count). The lowest BCUT2D eigenvalue weighted by atomic mass is 10.1. The molecule has 0 fully saturated rings. The summed E-state index contributed by atoms with van der Waals surface area (Å²) in [6, 6.07) is 5.67. The van der Waals surface area contributed by atoms with E-state index in [0.29, 0.717) is 5.56 Å². The quantitative estimate of drug-likeness (QED) is 0.851. The number of aliphatic hydroxyl groups is 1. The molecule has 1 unspecified atom stereocenters. The molecule has 0 aromatic heterocycles. The molecule has 4 nitrogen and oxygen atoms in total. The number of carbonyl (C=O) groups is 1. The fourth-order valence-electron chi connectivity index (χ4n) is 1.18. The third kappa shape index (κ3) is 3.92. The highest BCUT2D eigenvalue weighted by Gasteiger charge is 2.45. The first kappa shape index (κ1) is 14.3. The van der Waals surface area contributed by atoms with Crippen LogP contribution in [0.15, 0.2) is 24.3 Å². The maximum absolute atomic E-state index is 12.3. The van der Waals surface area contributed by atoms with Gasteiger partial charge in [0.15, 0.2) is 5.92 Å². The van der Waals surface area contributed by atoms with Crippen molar-refractivity contribution in [2.24, 2.45) is 5.92 Å². The summed E-state index contributed by atoms with van der Waals surface area (Å²) in [5, 5.41) is 17.2. The molecule has 0 amide bonds. The van der Waals surface area contributed by atoms with Gasteiger partial charge in [-0.2, -0.15) is 13.2 Å². The minimum Gasteiger partial charge on any atom is -0.492 e. The Morgan fingerprint density at radius 3 is 2.22 bits per heavy atom. The summed E-state index contributed by atoms with van der Waals surface area (Å²) in [6.45, 7) is -1.18. The number of hydrogen-bond donors (Lipinski definition) is 2. The maximum atomic E-state index is 12.3. The number of halogens is 3. The fraction of sp³-hybridized carbons (Fsp3) is 0.364. The Kier molecular flexibility index (Phi) is 4.55. The van der Waals surface area contributed by atoms with Crippen molar-refractivity contribution in [3.05, 3.63) is 29.8 Å². The van der Waals surface area contributed by atoms with E-state index in [1.807, 2.05) is 0 Å². The van der Waals surface area contributed by atoms with Crippen LogP contribution in [-0.4, -0.2) is 29.0 Å². The number of benzene rings is 1. The van der Waals surface area contributed by atoms with Gasteiger partial charge >= 0.3 is 12.1 Å². The molecular weight excluding hydrogens is 253 g/mol. The summed E-state index contributed by atoms with van der Waals surface area (Å²) in [4.78, 5) is 10.4. The highest BCUT2D eigenvalue weighted by molar-refractivity contribution is 5.71. The van der Waals surface area contributed by atoms with E-state index in [2.05, 4.69) is 0 Å². The van der Waals surface area contributed by atoms with E-state index < -0.39 is 24.7 Å². The molecule has 7 heteroatoms. The Balaban J connectivity index is 2.64. The maximum Gasteiger partial charge on any atom is 0.405 e. The van der Waals surface area contributed by atoms with Crippen LogP contribution >= 0.6 is 0 Å². The molecule has 0 spiro atoms. The van der Waals surface area contributed by atoms with Crippen molar-refractivity contribution in [1.29, 1.82) is 0 Å². The minimum absolute atomic E-state index is 0.114. The van der Waals surface area contributed by atoms with Crippen molar-refractivity contribution < 1.29 is 32.9 Å². The van der Waals surface area contributed by atoms with Crippen LogP contribution in [0.5, 0.6) is 5.75 Å². The fourth-order valence-corrected chi connectivity index (χ4v) is 1.18. The van der Waals surface area contributed by atoms with Crippen LogP contribution in [0.4, 0.5) is 13.2 Å². The second kappa shape index (κ2) is 5.72. The molecular formula is C11H11F3O4. The van der Waals surface area contributed by atoms with Gasteiger partial charge in [0, 0.05) is 0 Å². The van der Waals surface area contributed by atoms with Gasteiger partial charge in [-0.1, -0.05) is 12.1 Å². The molecule has 0 bridgehead atoms. The molecule has 0 radical (unpaired) electrons. The van der Waals surface area contributed by atoms with Gasteiger partial charge in [0.2, 0.25) is 0 Å². The third-order valence-electron chi connectivity index (χ3n) is 2.22. The van der Waals surface area contributed by atoms with Gasteiger partial charge in [0.25, 0.3) is 0 Å². The van der Waals surface area contributed by atoms with Gasteiger partial charge in [-0.3, -0.25) is 4.79 Å². The van der Waals surface area contributed by atoms with E-state index >= 15 is 0 Å². The van der Waals surface area contributed by atoms with Crippen molar-refractivity contribution in [2.45, 2.75) is 12.8 Å². The van der Waals surface area contributed by atoms with Gasteiger partial charge in [-0.15, -0.1) is 0 Å². The average Bonchev–Trinajstić information content (AvgIpc) is 2.28. The zero-order valence-corrected chi connectivity index (χ0v) is 9.15. The summed E-state index contributed by atoms with van der Waals surface area (Å²) in [7, 11) is 0. The summed E-state index contributed by atoms with van der Waals surface area (Å²) in [6.07, 6.45) is -4.85. The molecule has 0 aliphatic heterocycles. The number of carboxylic acids is 1. The van der Waals surface area contributed by atoms with E-state index in [4.69, 9.17) is 14.9 Å². The first-order chi connectivity index (χ1) is 8.34. The van der Waals surface area contributed by atoms with Gasteiger partial charge in [-0.05, 0) is 17.7 Å². The predicted molar refractivity (Wildman–Crippen MR) is 55.0 cm³/mol. The molecule has 0 aliphatic rings. The van der Waals surface area contributed by atoms with Crippen molar-refractivity contribution in [2.75, 3.05) is 6.61 Å². The summed E-state index contributed by atoms with van der Waals surface area (Å²) >= 11 is 0. The van der Waals surface area contributed by atoms with Gasteiger partial charge < -0.3 is 14.9 Å². The second-order valence-electron chi connectivity index (χ2n) is 3.55. The van der Waals surface area contributed by atoms with Gasteiger partial charge in [-0.25, -0.2) is 0 Å². The van der Waals surface area contributed by atoms with Crippen LogP contribution in [0.1, 0.15) is 5.56 Å². The molecule has 18 heavy (non-hydrogen) atoms. The highest BCUT2D eigenvalue weighted by atomic mass is 19.4. The first-order valence-electron chi connectivity index (χ1n) is 4.96. The van der Waals surface area contributed by atoms with E-state index in [9.17, 15) is 18.0 Å². The van der Waals surface area contributed by atoms with Gasteiger partial charge in [0.1, 0.15) is 12.4 Å². The lowest BCUT2D eigenvalue weighted by Crippen LogP contribution is -2.35. The van der Waals surface area contributed by atoms with Crippen molar-refractivity contribution in [3.8, 4) is 5.75 Å². The van der Waals surface area contributed by atoms with E-state index in [0.717, 1.165) is 0 Å². The Morgan fingerprint density at radius 1 is 1.28 bits per heavy atom. The van der Waals surface area contributed by atoms with Crippen molar-refractivity contribution in [3.63, 3.8) is 0 Å². The summed E-state index contributed by atoms with van der Waals surface area (Å²) in [5.74, 6) is -4.42. The third-order valence-corrected chi connectivity index (χ3v) is 2.22. The number of aliphatic carboxylic acids is 1. The Bertz CT molecular complexity index is 400. The number of ether oxygens (including phenoxy) is 1. The lowest BCUT2D eigenvalue weighted by Gasteiger charge is -2.16. The second-order valence-corrected chi connectivity index (χ2v) is 3.55. The molecule has 1 atom stereocenters. The predicted octanol–water partition coefficient (Wildman–Crippen LogP) is 1.82. The summed E-state index contributed by atoms with van der Waals surface area (Å²) in [5.41, 5.74) is 0.577. The Hall–Kier alpha value is -1.76. The van der Waals surface area contributed by atoms with Crippen molar-refractivity contribution >= 4 is 5.97 Å². The summed E-state index contributed by atoms with van der Waals surface area (Å²) < 4.78 is 41.7. The Labute approximate surface area is 101 Å². The van der Waals surface area contributed by atoms with Crippen LogP contribution < -0.4 is 4.74 Å². The molecule has 1 aromatic carbocycles. The Morgan fingerprint density at radius 2 is 1.83 bits per heavy atom. The SMILES string of the molecule is O=C(O)C(COc1ccc(CO)cc1)C(F)(F)F. The van der Waals surface area contributed by atoms with Crippen LogP contribution in [0, 0.1) is 5.92 Å². The zero-order chi connectivity index (χ0) is 13.8. The molecule has 0 saturated carbocycles. The van der Waals surface area contributed by atoms with Crippen molar-refractivity contribution in [1.82, 2.24) is 0 Å². The molecule has 100 valence electrons. The number of aliphatic hydroxyl groups excluding tert-OH is 1. The lowest BCUT2D eigenvalue weighted by molar-refractivity contribution is -0.198. The molecule has 2 N–H and O–H groups in total. The molecule has 1 aromatic rings. The van der Waals surface area contributed by atoms with Crippen LogP contribution in [0.25, 0.3) is 0 Å². The molecule has 0 heterocycles. The standard InChI is InChI=1S/C11H11F3O4/c12-11(13,14)9(10(16)17)6-18-8-3-1-7(5-15)2-4-8/h1-4,9,15H,5-6H2,(H,16,17). The minimum atomic E-state index is -4.85. The highest BCUT2D eigenvalue weighted by Crippen LogP contribution is 2.27. The van der Waals surface area contributed by atoms with Crippen LogP contribution in [0.2, 0.25) is 0 Å². The average molecular weight is 264 g/mol. The molecule has 0 saturated heterocycles. The normalized spacial score (nSPS) is 13.1. The topological polar surface area (TPSA) is 66.8 Å². The number of hydrogen-bond acceptors (Lipinski definition) is 3. The number of carboxylic acid groups (broad SMARTS) is 1. The first-order valence-corrected chi connectivity index (χ1v) is 4.96. The largest absolute Gasteiger partial charge is 0.492 e. The zero-order valence-electron chi connectivity index (χ0n) is 9.15. The number of alkyl halides is 3. The smallest absolute Gasteiger partial charge is 0.405 e. The molecule has 0 aliphatic carbocycles. The van der Waals surface area contributed by atoms with Crippen LogP contribution in [0.3, 0.4) is 0 Å². The van der Waals surface area contributed by atoms with Gasteiger partial charge in [0.05, 0.1) is 6.61 Å².